The van der Waals surface area contributed by atoms with Gasteiger partial charge in [-0.05, 0) is 36.3 Å². The monoisotopic (exact) mass is 208 g/mol. The maximum absolute atomic E-state index is 2.26. The highest BCUT2D eigenvalue weighted by Crippen LogP contribution is 2.20. The first-order valence-corrected chi connectivity index (χ1v) is 6.57. The molecule has 0 saturated carbocycles. The standard InChI is InChI=1S/C13H20S/c1-3-5-11-14-13-9-7-12(6-4-2)8-10-13/h7-10H,3-6,11H2,1-2H3. The van der Waals surface area contributed by atoms with Crippen molar-refractivity contribution >= 4 is 11.8 Å². The topological polar surface area (TPSA) is 0 Å². The van der Waals surface area contributed by atoms with E-state index in [0.29, 0.717) is 0 Å². The zero-order valence-corrected chi connectivity index (χ0v) is 10.1. The number of aryl methyl sites for hydroxylation is 1. The number of unbranched alkanes of at least 4 members (excludes halogenated alkanes) is 1. The zero-order chi connectivity index (χ0) is 10.2. The maximum atomic E-state index is 2.26. The minimum atomic E-state index is 1.21. The van der Waals surface area contributed by atoms with Gasteiger partial charge < -0.3 is 0 Å². The van der Waals surface area contributed by atoms with Gasteiger partial charge in [0.05, 0.1) is 0 Å². The van der Waals surface area contributed by atoms with Gasteiger partial charge in [-0.3, -0.25) is 0 Å². The molecule has 14 heavy (non-hydrogen) atoms. The maximum Gasteiger partial charge on any atom is 0.00721 e. The lowest BCUT2D eigenvalue weighted by Gasteiger charge is -2.02. The Hall–Kier alpha value is -0.430. The van der Waals surface area contributed by atoms with Gasteiger partial charge in [0, 0.05) is 4.90 Å². The summed E-state index contributed by atoms with van der Waals surface area (Å²) < 4.78 is 0. The van der Waals surface area contributed by atoms with Gasteiger partial charge in [-0.25, -0.2) is 0 Å². The van der Waals surface area contributed by atoms with Crippen molar-refractivity contribution in [1.82, 2.24) is 0 Å². The number of hydrogen-bond donors (Lipinski definition) is 0. The molecule has 0 bridgehead atoms. The van der Waals surface area contributed by atoms with Crippen LogP contribution < -0.4 is 0 Å². The van der Waals surface area contributed by atoms with E-state index in [0.717, 1.165) is 0 Å². The molecule has 0 nitrogen and oxygen atoms in total. The summed E-state index contributed by atoms with van der Waals surface area (Å²) in [6.07, 6.45) is 5.06. The first-order valence-electron chi connectivity index (χ1n) is 5.58. The van der Waals surface area contributed by atoms with Crippen LogP contribution in [0.1, 0.15) is 38.7 Å². The molecule has 0 aliphatic heterocycles. The lowest BCUT2D eigenvalue weighted by Crippen LogP contribution is -1.83. The van der Waals surface area contributed by atoms with Crippen molar-refractivity contribution in [3.63, 3.8) is 0 Å². The summed E-state index contributed by atoms with van der Waals surface area (Å²) in [5, 5.41) is 0. The Kier molecular flexibility index (Phi) is 5.77. The Morgan fingerprint density at radius 2 is 1.71 bits per heavy atom. The van der Waals surface area contributed by atoms with Crippen LogP contribution >= 0.6 is 11.8 Å². The van der Waals surface area contributed by atoms with Crippen LogP contribution in [-0.4, -0.2) is 5.75 Å². The summed E-state index contributed by atoms with van der Waals surface area (Å²) in [5.41, 5.74) is 1.47. The van der Waals surface area contributed by atoms with E-state index >= 15 is 0 Å². The molecule has 0 heterocycles. The van der Waals surface area contributed by atoms with Gasteiger partial charge in [0.25, 0.3) is 0 Å². The van der Waals surface area contributed by atoms with Crippen LogP contribution in [0.15, 0.2) is 29.2 Å². The summed E-state index contributed by atoms with van der Waals surface area (Å²) in [6.45, 7) is 4.47. The second-order valence-corrected chi connectivity index (χ2v) is 4.76. The smallest absolute Gasteiger partial charge is 0.00721 e. The Morgan fingerprint density at radius 3 is 2.29 bits per heavy atom. The second kappa shape index (κ2) is 6.94. The van der Waals surface area contributed by atoms with Gasteiger partial charge in [-0.1, -0.05) is 38.8 Å². The van der Waals surface area contributed by atoms with E-state index in [-0.39, 0.29) is 0 Å². The number of thioether (sulfide) groups is 1. The molecule has 0 fully saturated rings. The molecule has 0 saturated heterocycles. The van der Waals surface area contributed by atoms with Crippen LogP contribution in [0.5, 0.6) is 0 Å². The third-order valence-electron chi connectivity index (χ3n) is 2.23. The van der Waals surface area contributed by atoms with Crippen LogP contribution in [-0.2, 0) is 6.42 Å². The summed E-state index contributed by atoms with van der Waals surface area (Å²) in [4.78, 5) is 1.42. The van der Waals surface area contributed by atoms with E-state index in [4.69, 9.17) is 0 Å². The van der Waals surface area contributed by atoms with Gasteiger partial charge in [0.15, 0.2) is 0 Å². The molecular weight excluding hydrogens is 188 g/mol. The average molecular weight is 208 g/mol. The van der Waals surface area contributed by atoms with Crippen LogP contribution in [0.2, 0.25) is 0 Å². The Labute approximate surface area is 92.1 Å². The molecular formula is C13H20S. The van der Waals surface area contributed by atoms with Crippen molar-refractivity contribution in [2.75, 3.05) is 5.75 Å². The number of benzene rings is 1. The van der Waals surface area contributed by atoms with Crippen molar-refractivity contribution in [2.24, 2.45) is 0 Å². The van der Waals surface area contributed by atoms with E-state index in [2.05, 4.69) is 38.1 Å². The molecule has 1 aromatic rings. The highest BCUT2D eigenvalue weighted by Gasteiger charge is 1.94. The van der Waals surface area contributed by atoms with Crippen molar-refractivity contribution in [2.45, 2.75) is 44.4 Å². The number of rotatable bonds is 6. The molecule has 0 radical (unpaired) electrons. The molecule has 1 aromatic carbocycles. The van der Waals surface area contributed by atoms with Gasteiger partial charge >= 0.3 is 0 Å². The molecule has 0 aromatic heterocycles. The molecule has 78 valence electrons. The summed E-state index contributed by atoms with van der Waals surface area (Å²) in [5.74, 6) is 1.25. The largest absolute Gasteiger partial charge is 0.126 e. The summed E-state index contributed by atoms with van der Waals surface area (Å²) in [7, 11) is 0. The van der Waals surface area contributed by atoms with Gasteiger partial charge in [0.2, 0.25) is 0 Å². The van der Waals surface area contributed by atoms with Crippen LogP contribution in [0.25, 0.3) is 0 Å². The third-order valence-corrected chi connectivity index (χ3v) is 3.33. The Bertz CT molecular complexity index is 238. The van der Waals surface area contributed by atoms with Gasteiger partial charge in [-0.15, -0.1) is 11.8 Å². The first kappa shape index (κ1) is 11.6. The normalized spacial score (nSPS) is 10.4. The van der Waals surface area contributed by atoms with E-state index < -0.39 is 0 Å². The fraction of sp³-hybridized carbons (Fsp3) is 0.538. The fourth-order valence-electron chi connectivity index (χ4n) is 1.38. The number of hydrogen-bond acceptors (Lipinski definition) is 1. The van der Waals surface area contributed by atoms with Gasteiger partial charge in [0.1, 0.15) is 0 Å². The molecule has 0 aliphatic rings. The summed E-state index contributed by atoms with van der Waals surface area (Å²) >= 11 is 1.97. The highest BCUT2D eigenvalue weighted by atomic mass is 32.2. The lowest BCUT2D eigenvalue weighted by molar-refractivity contribution is 0.896. The van der Waals surface area contributed by atoms with Crippen LogP contribution in [0.4, 0.5) is 0 Å². The minimum absolute atomic E-state index is 1.21. The van der Waals surface area contributed by atoms with Crippen molar-refractivity contribution in [3.05, 3.63) is 29.8 Å². The molecule has 0 N–H and O–H groups in total. The molecule has 0 atom stereocenters. The van der Waals surface area contributed by atoms with E-state index in [1.807, 2.05) is 11.8 Å². The Balaban J connectivity index is 2.38. The van der Waals surface area contributed by atoms with Crippen LogP contribution in [0.3, 0.4) is 0 Å². The molecule has 1 rings (SSSR count). The molecule has 0 aliphatic carbocycles. The predicted octanol–water partition coefficient (Wildman–Crippen LogP) is 4.53. The molecule has 0 spiro atoms. The second-order valence-electron chi connectivity index (χ2n) is 3.60. The van der Waals surface area contributed by atoms with E-state index in [9.17, 15) is 0 Å². The van der Waals surface area contributed by atoms with Crippen molar-refractivity contribution < 1.29 is 0 Å². The lowest BCUT2D eigenvalue weighted by atomic mass is 10.1. The molecule has 1 heteroatoms. The quantitative estimate of drug-likeness (QED) is 0.489. The van der Waals surface area contributed by atoms with Crippen LogP contribution in [0, 0.1) is 0 Å². The van der Waals surface area contributed by atoms with E-state index in [1.165, 1.54) is 41.9 Å². The predicted molar refractivity (Wildman–Crippen MR) is 66.1 cm³/mol. The fourth-order valence-corrected chi connectivity index (χ4v) is 2.37. The van der Waals surface area contributed by atoms with Crippen molar-refractivity contribution in [1.29, 1.82) is 0 Å². The summed E-state index contributed by atoms with van der Waals surface area (Å²) in [6, 6.07) is 9.03. The van der Waals surface area contributed by atoms with Crippen molar-refractivity contribution in [3.8, 4) is 0 Å². The minimum Gasteiger partial charge on any atom is -0.126 e. The average Bonchev–Trinajstić information content (AvgIpc) is 2.21. The van der Waals surface area contributed by atoms with E-state index in [1.54, 1.807) is 0 Å². The third kappa shape index (κ3) is 4.19. The molecule has 0 unspecified atom stereocenters. The SMILES string of the molecule is CCCCSc1ccc(CCC)cc1. The van der Waals surface area contributed by atoms with Gasteiger partial charge in [-0.2, -0.15) is 0 Å². The zero-order valence-electron chi connectivity index (χ0n) is 9.25. The first-order chi connectivity index (χ1) is 6.86. The highest BCUT2D eigenvalue weighted by molar-refractivity contribution is 7.99. The Morgan fingerprint density at radius 1 is 1.00 bits per heavy atom. The molecule has 0 amide bonds.